The number of benzene rings is 1. The highest BCUT2D eigenvalue weighted by Crippen LogP contribution is 2.21. The van der Waals surface area contributed by atoms with Crippen LogP contribution in [-0.2, 0) is 4.74 Å². The first-order chi connectivity index (χ1) is 9.15. The first-order valence-corrected chi connectivity index (χ1v) is 6.10. The number of aliphatic hydroxyl groups is 1. The van der Waals surface area contributed by atoms with E-state index in [-0.39, 0.29) is 18.6 Å². The van der Waals surface area contributed by atoms with Gasteiger partial charge in [0.1, 0.15) is 5.75 Å². The number of morpholine rings is 1. The van der Waals surface area contributed by atoms with Crippen molar-refractivity contribution in [3.8, 4) is 5.75 Å². The van der Waals surface area contributed by atoms with Gasteiger partial charge in [-0.05, 0) is 12.1 Å². The lowest BCUT2D eigenvalue weighted by Gasteiger charge is -2.34. The van der Waals surface area contributed by atoms with Crippen LogP contribution in [-0.4, -0.2) is 55.4 Å². The molecule has 0 radical (unpaired) electrons. The maximum atomic E-state index is 12.4. The van der Waals surface area contributed by atoms with Crippen LogP contribution in [0.4, 0.5) is 5.69 Å². The number of hydrogen-bond acceptors (Lipinski definition) is 5. The molecule has 1 fully saturated rings. The zero-order valence-electron chi connectivity index (χ0n) is 10.8. The number of nitrogens with zero attached hydrogens (tertiary/aromatic N) is 1. The van der Waals surface area contributed by atoms with Crippen molar-refractivity contribution >= 4 is 11.6 Å². The molecule has 3 N–H and O–H groups in total. The van der Waals surface area contributed by atoms with Gasteiger partial charge in [0.25, 0.3) is 5.91 Å². The van der Waals surface area contributed by atoms with Gasteiger partial charge in [-0.3, -0.25) is 4.79 Å². The summed E-state index contributed by atoms with van der Waals surface area (Å²) >= 11 is 0. The van der Waals surface area contributed by atoms with Crippen molar-refractivity contribution in [3.05, 3.63) is 23.8 Å². The smallest absolute Gasteiger partial charge is 0.254 e. The second-order valence-corrected chi connectivity index (χ2v) is 4.40. The van der Waals surface area contributed by atoms with E-state index in [1.807, 2.05) is 0 Å². The normalized spacial score (nSPS) is 19.3. The van der Waals surface area contributed by atoms with Gasteiger partial charge in [0, 0.05) is 23.9 Å². The predicted molar refractivity (Wildman–Crippen MR) is 70.1 cm³/mol. The molecule has 1 aromatic rings. The summed E-state index contributed by atoms with van der Waals surface area (Å²) in [5.74, 6) is 0.366. The molecule has 6 heteroatoms. The zero-order chi connectivity index (χ0) is 13.8. The number of methoxy groups -OCH3 is 1. The topological polar surface area (TPSA) is 85.0 Å². The molecule has 0 spiro atoms. The molecule has 104 valence electrons. The number of nitrogens with two attached hydrogens (primary N) is 1. The van der Waals surface area contributed by atoms with Crippen molar-refractivity contribution in [2.24, 2.45) is 0 Å². The average Bonchev–Trinajstić information content (AvgIpc) is 2.45. The van der Waals surface area contributed by atoms with Crippen LogP contribution in [0, 0.1) is 0 Å². The van der Waals surface area contributed by atoms with E-state index >= 15 is 0 Å². The third kappa shape index (κ3) is 2.97. The molecular weight excluding hydrogens is 248 g/mol. The van der Waals surface area contributed by atoms with Crippen molar-refractivity contribution in [1.82, 2.24) is 4.90 Å². The van der Waals surface area contributed by atoms with Gasteiger partial charge in [-0.1, -0.05) is 0 Å². The van der Waals surface area contributed by atoms with E-state index in [0.29, 0.717) is 36.8 Å². The fourth-order valence-corrected chi connectivity index (χ4v) is 2.10. The third-order valence-corrected chi connectivity index (χ3v) is 3.11. The Bertz CT molecular complexity index is 464. The minimum atomic E-state index is -0.311. The molecule has 0 aliphatic carbocycles. The molecule has 6 nitrogen and oxygen atoms in total. The molecule has 0 saturated carbocycles. The lowest BCUT2D eigenvalue weighted by Crippen LogP contribution is -2.50. The number of amides is 1. The number of anilines is 1. The summed E-state index contributed by atoms with van der Waals surface area (Å²) in [4.78, 5) is 14.0. The standard InChI is InChI=1S/C13H18N2O4/c1-18-12-5-9(4-10(14)6-12)13(17)15-2-3-19-8-11(15)7-16/h4-6,11,16H,2-3,7-8,14H2,1H3. The Morgan fingerprint density at radius 1 is 1.58 bits per heavy atom. The van der Waals surface area contributed by atoms with Crippen LogP contribution in [0.15, 0.2) is 18.2 Å². The number of aliphatic hydroxyl groups excluding tert-OH is 1. The van der Waals surface area contributed by atoms with E-state index in [4.69, 9.17) is 15.2 Å². The zero-order valence-corrected chi connectivity index (χ0v) is 10.8. The van der Waals surface area contributed by atoms with E-state index in [1.54, 1.807) is 23.1 Å². The molecule has 1 heterocycles. The Kier molecular flexibility index (Phi) is 4.24. The molecule has 0 aromatic heterocycles. The Labute approximate surface area is 111 Å². The Hall–Kier alpha value is -1.79. The maximum absolute atomic E-state index is 12.4. The van der Waals surface area contributed by atoms with E-state index in [1.165, 1.54) is 7.11 Å². The van der Waals surface area contributed by atoms with Gasteiger partial charge in [-0.2, -0.15) is 0 Å². The van der Waals surface area contributed by atoms with E-state index in [0.717, 1.165) is 0 Å². The minimum absolute atomic E-state index is 0.120. The van der Waals surface area contributed by atoms with Crippen molar-refractivity contribution in [3.63, 3.8) is 0 Å². The van der Waals surface area contributed by atoms with E-state index in [2.05, 4.69) is 0 Å². The van der Waals surface area contributed by atoms with Crippen LogP contribution in [0.25, 0.3) is 0 Å². The van der Waals surface area contributed by atoms with Gasteiger partial charge in [0.2, 0.25) is 0 Å². The van der Waals surface area contributed by atoms with Crippen LogP contribution in [0.2, 0.25) is 0 Å². The molecule has 1 saturated heterocycles. The molecule has 19 heavy (non-hydrogen) atoms. The third-order valence-electron chi connectivity index (χ3n) is 3.11. The quantitative estimate of drug-likeness (QED) is 0.759. The number of rotatable bonds is 3. The Morgan fingerprint density at radius 2 is 2.37 bits per heavy atom. The SMILES string of the molecule is COc1cc(N)cc(C(=O)N2CCOCC2CO)c1. The van der Waals surface area contributed by atoms with Crippen LogP contribution in [0.5, 0.6) is 5.75 Å². The van der Waals surface area contributed by atoms with Gasteiger partial charge in [0.05, 0.1) is 33.0 Å². The maximum Gasteiger partial charge on any atom is 0.254 e. The highest BCUT2D eigenvalue weighted by Gasteiger charge is 2.27. The van der Waals surface area contributed by atoms with Gasteiger partial charge in [-0.15, -0.1) is 0 Å². The van der Waals surface area contributed by atoms with Crippen LogP contribution < -0.4 is 10.5 Å². The molecule has 1 aliphatic heterocycles. The van der Waals surface area contributed by atoms with Crippen molar-refractivity contribution in [2.75, 3.05) is 39.2 Å². The van der Waals surface area contributed by atoms with Gasteiger partial charge < -0.3 is 25.2 Å². The van der Waals surface area contributed by atoms with Gasteiger partial charge >= 0.3 is 0 Å². The second-order valence-electron chi connectivity index (χ2n) is 4.40. The van der Waals surface area contributed by atoms with Crippen LogP contribution in [0.3, 0.4) is 0 Å². The van der Waals surface area contributed by atoms with Gasteiger partial charge in [0.15, 0.2) is 0 Å². The summed E-state index contributed by atoms with van der Waals surface area (Å²) in [7, 11) is 1.52. The van der Waals surface area contributed by atoms with Gasteiger partial charge in [-0.25, -0.2) is 0 Å². The number of ether oxygens (including phenoxy) is 2. The monoisotopic (exact) mass is 266 g/mol. The first kappa shape index (κ1) is 13.6. The molecule has 1 aliphatic rings. The molecule has 1 unspecified atom stereocenters. The number of carbonyl (C=O) groups is 1. The molecule has 2 rings (SSSR count). The summed E-state index contributed by atoms with van der Waals surface area (Å²) in [5.41, 5.74) is 6.67. The fraction of sp³-hybridized carbons (Fsp3) is 0.462. The molecule has 0 bridgehead atoms. The molecule has 1 amide bonds. The summed E-state index contributed by atoms with van der Waals surface area (Å²) in [5, 5.41) is 9.29. The highest BCUT2D eigenvalue weighted by atomic mass is 16.5. The number of carbonyl (C=O) groups excluding carboxylic acids is 1. The lowest BCUT2D eigenvalue weighted by molar-refractivity contribution is -0.0184. The average molecular weight is 266 g/mol. The van der Waals surface area contributed by atoms with E-state index in [9.17, 15) is 9.90 Å². The highest BCUT2D eigenvalue weighted by molar-refractivity contribution is 5.95. The molecular formula is C13H18N2O4. The summed E-state index contributed by atoms with van der Waals surface area (Å²) in [6.07, 6.45) is 0. The Morgan fingerprint density at radius 3 is 3.05 bits per heavy atom. The summed E-state index contributed by atoms with van der Waals surface area (Å²) in [6.45, 7) is 1.16. The largest absolute Gasteiger partial charge is 0.497 e. The predicted octanol–water partition coefficient (Wildman–Crippen LogP) is 0.111. The lowest BCUT2D eigenvalue weighted by atomic mass is 10.1. The first-order valence-electron chi connectivity index (χ1n) is 6.10. The molecule has 1 atom stereocenters. The van der Waals surface area contributed by atoms with Crippen molar-refractivity contribution in [2.45, 2.75) is 6.04 Å². The second kappa shape index (κ2) is 5.90. The minimum Gasteiger partial charge on any atom is -0.497 e. The van der Waals surface area contributed by atoms with Crippen LogP contribution >= 0.6 is 0 Å². The number of hydrogen-bond donors (Lipinski definition) is 2. The fourth-order valence-electron chi connectivity index (χ4n) is 2.10. The summed E-state index contributed by atoms with van der Waals surface area (Å²) < 4.78 is 10.4. The van der Waals surface area contributed by atoms with Crippen molar-refractivity contribution < 1.29 is 19.4 Å². The summed E-state index contributed by atoms with van der Waals surface area (Å²) in [6, 6.07) is 4.59. The van der Waals surface area contributed by atoms with E-state index < -0.39 is 0 Å². The molecule has 1 aromatic carbocycles. The number of nitrogen functional groups attached to an aromatic ring is 1. The van der Waals surface area contributed by atoms with Crippen molar-refractivity contribution in [1.29, 1.82) is 0 Å². The Balaban J connectivity index is 2.24. The van der Waals surface area contributed by atoms with Crippen LogP contribution in [0.1, 0.15) is 10.4 Å².